The Labute approximate surface area is 140 Å². The monoisotopic (exact) mass is 343 g/mol. The lowest BCUT2D eigenvalue weighted by molar-refractivity contribution is -0.175. The molecule has 0 heterocycles. The standard InChI is InChI=1S/C17H23F2NO4/c1-4-24-16(22)17(18,19)12-20(13(2)10-15(21)23-3)11-14-8-6-5-7-9-14/h5-9,13H,4,10-12H2,1-3H3. The van der Waals surface area contributed by atoms with Crippen LogP contribution in [0.5, 0.6) is 0 Å². The van der Waals surface area contributed by atoms with Gasteiger partial charge in [0.15, 0.2) is 0 Å². The second-order valence-corrected chi connectivity index (χ2v) is 5.44. The molecule has 1 aromatic carbocycles. The molecule has 0 saturated carbocycles. The molecule has 5 nitrogen and oxygen atoms in total. The SMILES string of the molecule is CCOC(=O)C(F)(F)CN(Cc1ccccc1)C(C)CC(=O)OC. The van der Waals surface area contributed by atoms with Gasteiger partial charge in [0.1, 0.15) is 0 Å². The van der Waals surface area contributed by atoms with Crippen LogP contribution in [0.3, 0.4) is 0 Å². The number of rotatable bonds is 9. The number of hydrogen-bond donors (Lipinski definition) is 0. The Morgan fingerprint density at radius 2 is 1.88 bits per heavy atom. The number of ether oxygens (including phenoxy) is 2. The number of hydrogen-bond acceptors (Lipinski definition) is 5. The van der Waals surface area contributed by atoms with E-state index in [2.05, 4.69) is 9.47 Å². The Kier molecular flexibility index (Phi) is 7.78. The predicted molar refractivity (Wildman–Crippen MR) is 84.5 cm³/mol. The number of halogens is 2. The lowest BCUT2D eigenvalue weighted by Crippen LogP contribution is -2.47. The van der Waals surface area contributed by atoms with Crippen LogP contribution in [0, 0.1) is 0 Å². The summed E-state index contributed by atoms with van der Waals surface area (Å²) < 4.78 is 37.2. The number of alkyl halides is 2. The van der Waals surface area contributed by atoms with Crippen molar-refractivity contribution < 1.29 is 27.8 Å². The van der Waals surface area contributed by atoms with Gasteiger partial charge in [0.25, 0.3) is 0 Å². The molecule has 24 heavy (non-hydrogen) atoms. The molecule has 0 aliphatic carbocycles. The summed E-state index contributed by atoms with van der Waals surface area (Å²) in [5.74, 6) is -5.72. The Bertz CT molecular complexity index is 537. The van der Waals surface area contributed by atoms with Crippen molar-refractivity contribution in [2.45, 2.75) is 38.8 Å². The van der Waals surface area contributed by atoms with E-state index in [-0.39, 0.29) is 19.6 Å². The van der Waals surface area contributed by atoms with Gasteiger partial charge in [-0.15, -0.1) is 0 Å². The van der Waals surface area contributed by atoms with Crippen molar-refractivity contribution in [3.63, 3.8) is 0 Å². The molecule has 7 heteroatoms. The summed E-state index contributed by atoms with van der Waals surface area (Å²) in [6, 6.07) is 8.46. The van der Waals surface area contributed by atoms with E-state index < -0.39 is 30.4 Å². The first-order chi connectivity index (χ1) is 11.3. The van der Waals surface area contributed by atoms with Gasteiger partial charge < -0.3 is 9.47 Å². The number of esters is 2. The highest BCUT2D eigenvalue weighted by Gasteiger charge is 2.43. The largest absolute Gasteiger partial charge is 0.469 e. The van der Waals surface area contributed by atoms with Crippen LogP contribution >= 0.6 is 0 Å². The van der Waals surface area contributed by atoms with Crippen LogP contribution < -0.4 is 0 Å². The lowest BCUT2D eigenvalue weighted by Gasteiger charge is -2.31. The smallest absolute Gasteiger partial charge is 0.378 e. The van der Waals surface area contributed by atoms with Crippen molar-refractivity contribution in [2.75, 3.05) is 20.3 Å². The second kappa shape index (κ2) is 9.32. The summed E-state index contributed by atoms with van der Waals surface area (Å²) in [5, 5.41) is 0. The van der Waals surface area contributed by atoms with Gasteiger partial charge in [-0.3, -0.25) is 9.69 Å². The highest BCUT2D eigenvalue weighted by atomic mass is 19.3. The zero-order chi connectivity index (χ0) is 18.2. The van der Waals surface area contributed by atoms with Crippen molar-refractivity contribution in [1.82, 2.24) is 4.90 Å². The molecule has 1 atom stereocenters. The molecule has 0 N–H and O–H groups in total. The highest BCUT2D eigenvalue weighted by Crippen LogP contribution is 2.22. The van der Waals surface area contributed by atoms with Gasteiger partial charge >= 0.3 is 17.9 Å². The van der Waals surface area contributed by atoms with Crippen LogP contribution in [-0.4, -0.2) is 49.1 Å². The Morgan fingerprint density at radius 1 is 1.25 bits per heavy atom. The van der Waals surface area contributed by atoms with Crippen LogP contribution in [0.4, 0.5) is 8.78 Å². The fourth-order valence-electron chi connectivity index (χ4n) is 2.20. The summed E-state index contributed by atoms with van der Waals surface area (Å²) in [6.07, 6.45) is -0.0533. The van der Waals surface area contributed by atoms with E-state index in [1.54, 1.807) is 31.2 Å². The molecule has 134 valence electrons. The first-order valence-electron chi connectivity index (χ1n) is 7.70. The van der Waals surface area contributed by atoms with Crippen molar-refractivity contribution in [3.8, 4) is 0 Å². The van der Waals surface area contributed by atoms with Crippen LogP contribution in [0.1, 0.15) is 25.8 Å². The van der Waals surface area contributed by atoms with Gasteiger partial charge in [-0.05, 0) is 19.4 Å². The number of benzene rings is 1. The van der Waals surface area contributed by atoms with E-state index in [0.29, 0.717) is 0 Å². The third-order valence-corrected chi connectivity index (χ3v) is 3.52. The average molecular weight is 343 g/mol. The molecule has 0 aliphatic rings. The first-order valence-corrected chi connectivity index (χ1v) is 7.70. The number of methoxy groups -OCH3 is 1. The lowest BCUT2D eigenvalue weighted by atomic mass is 10.1. The van der Waals surface area contributed by atoms with E-state index in [1.807, 2.05) is 6.07 Å². The van der Waals surface area contributed by atoms with Crippen molar-refractivity contribution in [1.29, 1.82) is 0 Å². The van der Waals surface area contributed by atoms with Gasteiger partial charge in [-0.1, -0.05) is 30.3 Å². The predicted octanol–water partition coefficient (Wildman–Crippen LogP) is 2.64. The normalized spacial score (nSPS) is 12.8. The molecule has 0 aliphatic heterocycles. The molecule has 0 amide bonds. The minimum absolute atomic E-state index is 0.0533. The van der Waals surface area contributed by atoms with Gasteiger partial charge in [0.2, 0.25) is 0 Å². The zero-order valence-corrected chi connectivity index (χ0v) is 14.1. The van der Waals surface area contributed by atoms with Gasteiger partial charge in [0, 0.05) is 12.6 Å². The Hall–Kier alpha value is -2.02. The Balaban J connectivity index is 2.91. The molecular weight excluding hydrogens is 320 g/mol. The summed E-state index contributed by atoms with van der Waals surface area (Å²) in [4.78, 5) is 24.3. The molecule has 0 radical (unpaired) electrons. The summed E-state index contributed by atoms with van der Waals surface area (Å²) in [6.45, 7) is 2.33. The number of nitrogens with zero attached hydrogens (tertiary/aromatic N) is 1. The van der Waals surface area contributed by atoms with Crippen molar-refractivity contribution in [3.05, 3.63) is 35.9 Å². The quantitative estimate of drug-likeness (QED) is 0.645. The molecule has 1 rings (SSSR count). The fraction of sp³-hybridized carbons (Fsp3) is 0.529. The van der Waals surface area contributed by atoms with E-state index in [9.17, 15) is 18.4 Å². The molecule has 0 spiro atoms. The minimum Gasteiger partial charge on any atom is -0.469 e. The maximum atomic E-state index is 14.1. The summed E-state index contributed by atoms with van der Waals surface area (Å²) >= 11 is 0. The average Bonchev–Trinajstić information content (AvgIpc) is 2.55. The molecule has 1 unspecified atom stereocenters. The summed E-state index contributed by atoms with van der Waals surface area (Å²) in [7, 11) is 1.24. The third kappa shape index (κ3) is 6.23. The molecule has 0 aromatic heterocycles. The van der Waals surface area contributed by atoms with Crippen LogP contribution in [0.2, 0.25) is 0 Å². The minimum atomic E-state index is -3.66. The molecule has 1 aromatic rings. The van der Waals surface area contributed by atoms with Gasteiger partial charge in [0.05, 0.1) is 26.7 Å². The van der Waals surface area contributed by atoms with E-state index in [0.717, 1.165) is 5.56 Å². The van der Waals surface area contributed by atoms with Gasteiger partial charge in [-0.25, -0.2) is 4.79 Å². The Morgan fingerprint density at radius 3 is 2.42 bits per heavy atom. The van der Waals surface area contributed by atoms with Crippen molar-refractivity contribution >= 4 is 11.9 Å². The second-order valence-electron chi connectivity index (χ2n) is 5.44. The van der Waals surface area contributed by atoms with E-state index >= 15 is 0 Å². The zero-order valence-electron chi connectivity index (χ0n) is 14.1. The topological polar surface area (TPSA) is 55.8 Å². The maximum absolute atomic E-state index is 14.1. The molecular formula is C17H23F2NO4. The van der Waals surface area contributed by atoms with Crippen LogP contribution in [0.25, 0.3) is 0 Å². The van der Waals surface area contributed by atoms with Crippen molar-refractivity contribution in [2.24, 2.45) is 0 Å². The van der Waals surface area contributed by atoms with E-state index in [1.165, 1.54) is 18.9 Å². The number of carbonyl (C=O) groups is 2. The van der Waals surface area contributed by atoms with Gasteiger partial charge in [-0.2, -0.15) is 8.78 Å². The fourth-order valence-corrected chi connectivity index (χ4v) is 2.20. The van der Waals surface area contributed by atoms with Crippen LogP contribution in [-0.2, 0) is 25.6 Å². The molecule has 0 fully saturated rings. The third-order valence-electron chi connectivity index (χ3n) is 3.52. The maximum Gasteiger partial charge on any atom is 0.378 e. The molecule has 0 bridgehead atoms. The van der Waals surface area contributed by atoms with E-state index in [4.69, 9.17) is 0 Å². The highest BCUT2D eigenvalue weighted by molar-refractivity contribution is 5.77. The summed E-state index contributed by atoms with van der Waals surface area (Å²) in [5.41, 5.74) is 0.800. The first kappa shape index (κ1) is 20.0. The number of carbonyl (C=O) groups excluding carboxylic acids is 2. The molecule has 0 saturated heterocycles. The van der Waals surface area contributed by atoms with Crippen LogP contribution in [0.15, 0.2) is 30.3 Å².